The summed E-state index contributed by atoms with van der Waals surface area (Å²) < 4.78 is 30.5. The van der Waals surface area contributed by atoms with Gasteiger partial charge in [-0.1, -0.05) is 0 Å². The summed E-state index contributed by atoms with van der Waals surface area (Å²) in [6, 6.07) is 0. The van der Waals surface area contributed by atoms with Crippen molar-refractivity contribution in [2.75, 3.05) is 13.2 Å². The van der Waals surface area contributed by atoms with Gasteiger partial charge in [-0.3, -0.25) is 0 Å². The van der Waals surface area contributed by atoms with Gasteiger partial charge in [-0.25, -0.2) is 4.79 Å². The minimum atomic E-state index is -2.34. The summed E-state index contributed by atoms with van der Waals surface area (Å²) in [5.41, 5.74) is 0. The zero-order valence-corrected chi connectivity index (χ0v) is 5.63. The first kappa shape index (κ1) is 10.2. The molecule has 0 heterocycles. The molecule has 11 heavy (non-hydrogen) atoms. The summed E-state index contributed by atoms with van der Waals surface area (Å²) in [5, 5.41) is 7.89. The van der Waals surface area contributed by atoms with Crippen LogP contribution in [0.4, 0.5) is 13.6 Å². The fourth-order valence-electron chi connectivity index (χ4n) is 0.392. The van der Waals surface area contributed by atoms with Crippen LogP contribution in [-0.2, 0) is 9.47 Å². The highest BCUT2D eigenvalue weighted by Gasteiger charge is 2.00. The predicted octanol–water partition coefficient (Wildman–Crippen LogP) is 0.745. The van der Waals surface area contributed by atoms with E-state index in [0.29, 0.717) is 0 Å². The van der Waals surface area contributed by atoms with E-state index in [4.69, 9.17) is 5.11 Å². The van der Waals surface area contributed by atoms with Crippen LogP contribution < -0.4 is 0 Å². The van der Waals surface area contributed by atoms with E-state index in [1.54, 1.807) is 0 Å². The average molecular weight is 170 g/mol. The lowest BCUT2D eigenvalue weighted by Gasteiger charge is -2.02. The number of carbonyl (C=O) groups is 1. The monoisotopic (exact) mass is 170 g/mol. The van der Waals surface area contributed by atoms with Gasteiger partial charge in [0, 0.05) is 6.42 Å². The van der Waals surface area contributed by atoms with Crippen molar-refractivity contribution in [3.63, 3.8) is 0 Å². The number of rotatable bonds is 5. The Bertz CT molecular complexity index is 117. The number of aliphatic hydroxyl groups excluding tert-OH is 1. The molecular formula is C5H8F2O4. The van der Waals surface area contributed by atoms with Crippen LogP contribution in [0, 0.1) is 0 Å². The number of halogens is 2. The molecule has 0 aliphatic rings. The Hall–Kier alpha value is -0.750. The van der Waals surface area contributed by atoms with E-state index in [-0.39, 0.29) is 19.6 Å². The van der Waals surface area contributed by atoms with Crippen LogP contribution in [0.2, 0.25) is 0 Å². The summed E-state index contributed by atoms with van der Waals surface area (Å²) in [6.07, 6.45) is -1.75. The fraction of sp³-hybridized carbons (Fsp3) is 0.800. The topological polar surface area (TPSA) is 55.8 Å². The van der Waals surface area contributed by atoms with Crippen molar-refractivity contribution >= 4 is 6.22 Å². The SMILES string of the molecule is O=C(F)OCCCOC(O)F. The second-order valence-electron chi connectivity index (χ2n) is 1.60. The maximum absolute atomic E-state index is 11.4. The number of aliphatic hydroxyl groups is 1. The van der Waals surface area contributed by atoms with Crippen LogP contribution in [0.1, 0.15) is 6.42 Å². The minimum Gasteiger partial charge on any atom is -0.440 e. The standard InChI is InChI=1S/C5H8F2O4/c6-4(8)10-2-1-3-11-5(7)9/h4,8H,1-3H2. The van der Waals surface area contributed by atoms with Crippen molar-refractivity contribution in [2.45, 2.75) is 13.0 Å². The third-order valence-electron chi connectivity index (χ3n) is 0.760. The van der Waals surface area contributed by atoms with Gasteiger partial charge < -0.3 is 14.6 Å². The van der Waals surface area contributed by atoms with E-state index in [1.807, 2.05) is 0 Å². The number of alkyl halides is 1. The first-order valence-electron chi connectivity index (χ1n) is 2.89. The molecule has 0 aromatic heterocycles. The Labute approximate surface area is 61.7 Å². The highest BCUT2D eigenvalue weighted by molar-refractivity contribution is 5.57. The molecule has 0 saturated heterocycles. The Kier molecular flexibility index (Phi) is 5.58. The van der Waals surface area contributed by atoms with E-state index in [9.17, 15) is 13.6 Å². The lowest BCUT2D eigenvalue weighted by atomic mass is 10.5. The number of ether oxygens (including phenoxy) is 2. The average Bonchev–Trinajstić information content (AvgIpc) is 1.85. The molecule has 0 rings (SSSR count). The predicted molar refractivity (Wildman–Crippen MR) is 30.1 cm³/mol. The van der Waals surface area contributed by atoms with Gasteiger partial charge in [-0.05, 0) is 0 Å². The minimum absolute atomic E-state index is 0.134. The maximum atomic E-state index is 11.4. The van der Waals surface area contributed by atoms with Crippen molar-refractivity contribution in [3.8, 4) is 0 Å². The maximum Gasteiger partial charge on any atom is 0.495 e. The van der Waals surface area contributed by atoms with Crippen LogP contribution in [0.15, 0.2) is 0 Å². The van der Waals surface area contributed by atoms with E-state index in [1.165, 1.54) is 0 Å². The number of hydrogen-bond acceptors (Lipinski definition) is 4. The molecule has 0 aliphatic carbocycles. The van der Waals surface area contributed by atoms with Gasteiger partial charge in [0.15, 0.2) is 0 Å². The highest BCUT2D eigenvalue weighted by atomic mass is 19.2. The van der Waals surface area contributed by atoms with Crippen LogP contribution in [-0.4, -0.2) is 31.1 Å². The molecule has 0 radical (unpaired) electrons. The zero-order chi connectivity index (χ0) is 8.69. The molecule has 0 fully saturated rings. The smallest absolute Gasteiger partial charge is 0.440 e. The van der Waals surface area contributed by atoms with Gasteiger partial charge in [-0.2, -0.15) is 4.39 Å². The molecule has 0 aliphatic heterocycles. The molecule has 0 spiro atoms. The van der Waals surface area contributed by atoms with E-state index in [2.05, 4.69) is 9.47 Å². The van der Waals surface area contributed by atoms with Gasteiger partial charge in [-0.15, -0.1) is 4.39 Å². The third-order valence-corrected chi connectivity index (χ3v) is 0.760. The fourth-order valence-corrected chi connectivity index (χ4v) is 0.392. The number of hydrogen-bond donors (Lipinski definition) is 1. The van der Waals surface area contributed by atoms with E-state index in [0.717, 1.165) is 0 Å². The zero-order valence-electron chi connectivity index (χ0n) is 5.63. The highest BCUT2D eigenvalue weighted by Crippen LogP contribution is 1.91. The Morgan fingerprint density at radius 3 is 2.64 bits per heavy atom. The first-order chi connectivity index (χ1) is 5.13. The van der Waals surface area contributed by atoms with Gasteiger partial charge in [0.05, 0.1) is 13.2 Å². The molecule has 0 saturated carbocycles. The van der Waals surface area contributed by atoms with Crippen LogP contribution in [0.5, 0.6) is 0 Å². The van der Waals surface area contributed by atoms with Crippen molar-refractivity contribution in [2.24, 2.45) is 0 Å². The Morgan fingerprint density at radius 1 is 1.55 bits per heavy atom. The largest absolute Gasteiger partial charge is 0.495 e. The second-order valence-corrected chi connectivity index (χ2v) is 1.60. The van der Waals surface area contributed by atoms with Gasteiger partial charge in [0.25, 0.3) is 0 Å². The van der Waals surface area contributed by atoms with E-state index < -0.39 is 12.8 Å². The van der Waals surface area contributed by atoms with Crippen LogP contribution >= 0.6 is 0 Å². The molecule has 0 aromatic rings. The number of carbonyl (C=O) groups excluding carboxylic acids is 1. The second kappa shape index (κ2) is 5.99. The summed E-state index contributed by atoms with van der Waals surface area (Å²) in [4.78, 5) is 9.49. The van der Waals surface area contributed by atoms with Crippen LogP contribution in [0.3, 0.4) is 0 Å². The third kappa shape index (κ3) is 9.25. The van der Waals surface area contributed by atoms with Crippen molar-refractivity contribution in [1.82, 2.24) is 0 Å². The van der Waals surface area contributed by atoms with Crippen LogP contribution in [0.25, 0.3) is 0 Å². The molecule has 1 N–H and O–H groups in total. The summed E-state index contributed by atoms with van der Waals surface area (Å²) in [7, 11) is 0. The normalized spacial score (nSPS) is 12.6. The Morgan fingerprint density at radius 2 is 2.18 bits per heavy atom. The molecule has 4 nitrogen and oxygen atoms in total. The summed E-state index contributed by atoms with van der Waals surface area (Å²) in [5.74, 6) is 0. The van der Waals surface area contributed by atoms with E-state index >= 15 is 0 Å². The molecule has 0 aromatic carbocycles. The molecule has 66 valence electrons. The molecular weight excluding hydrogens is 162 g/mol. The van der Waals surface area contributed by atoms with Crippen molar-refractivity contribution < 1.29 is 28.2 Å². The molecule has 1 unspecified atom stereocenters. The van der Waals surface area contributed by atoms with Gasteiger partial charge >= 0.3 is 12.8 Å². The lowest BCUT2D eigenvalue weighted by molar-refractivity contribution is -0.184. The Balaban J connectivity index is 2.97. The summed E-state index contributed by atoms with van der Waals surface area (Å²) >= 11 is 0. The lowest BCUT2D eigenvalue weighted by Crippen LogP contribution is -2.08. The van der Waals surface area contributed by atoms with Crippen molar-refractivity contribution in [1.29, 1.82) is 0 Å². The molecule has 6 heteroatoms. The molecule has 0 amide bonds. The quantitative estimate of drug-likeness (QED) is 0.375. The summed E-state index contributed by atoms with van der Waals surface area (Å²) in [6.45, 7) is -2.66. The van der Waals surface area contributed by atoms with Gasteiger partial charge in [0.1, 0.15) is 0 Å². The van der Waals surface area contributed by atoms with Gasteiger partial charge in [0.2, 0.25) is 0 Å². The molecule has 0 bridgehead atoms. The van der Waals surface area contributed by atoms with Crippen molar-refractivity contribution in [3.05, 3.63) is 0 Å². The molecule has 1 atom stereocenters. The first-order valence-corrected chi connectivity index (χ1v) is 2.89.